The second-order valence-electron chi connectivity index (χ2n) is 5.77. The highest BCUT2D eigenvalue weighted by Gasteiger charge is 2.51. The molecule has 1 heterocycles. The summed E-state index contributed by atoms with van der Waals surface area (Å²) in [7, 11) is 1.59. The van der Waals surface area contributed by atoms with Crippen LogP contribution in [0.4, 0.5) is 10.5 Å². The minimum absolute atomic E-state index is 0.112. The van der Waals surface area contributed by atoms with Crippen LogP contribution in [0.3, 0.4) is 0 Å². The predicted octanol–water partition coefficient (Wildman–Crippen LogP) is 2.84. The van der Waals surface area contributed by atoms with Crippen LogP contribution in [0.15, 0.2) is 24.3 Å². The number of anilines is 1. The number of ether oxygens (including phenoxy) is 1. The Morgan fingerprint density at radius 2 is 1.67 bits per heavy atom. The van der Waals surface area contributed by atoms with E-state index in [4.69, 9.17) is 4.74 Å². The number of carbonyl (C=O) groups is 2. The topological polar surface area (TPSA) is 58.6 Å². The van der Waals surface area contributed by atoms with Gasteiger partial charge >= 0.3 is 6.03 Å². The summed E-state index contributed by atoms with van der Waals surface area (Å²) in [5.41, 5.74) is -0.0903. The summed E-state index contributed by atoms with van der Waals surface area (Å²) in [5.74, 6) is 0.592. The summed E-state index contributed by atoms with van der Waals surface area (Å²) in [6.07, 6.45) is 5.72. The first kappa shape index (κ1) is 13.9. The summed E-state index contributed by atoms with van der Waals surface area (Å²) in [5, 5.41) is 2.94. The zero-order chi connectivity index (χ0) is 14.9. The molecule has 0 unspecified atom stereocenters. The van der Waals surface area contributed by atoms with Gasteiger partial charge in [0, 0.05) is 0 Å². The van der Waals surface area contributed by atoms with Crippen molar-refractivity contribution in [2.45, 2.75) is 44.1 Å². The fourth-order valence-electron chi connectivity index (χ4n) is 3.26. The first-order valence-corrected chi connectivity index (χ1v) is 7.47. The molecule has 21 heavy (non-hydrogen) atoms. The lowest BCUT2D eigenvalue weighted by Gasteiger charge is -2.24. The van der Waals surface area contributed by atoms with Crippen LogP contribution in [0.25, 0.3) is 0 Å². The van der Waals surface area contributed by atoms with Crippen molar-refractivity contribution in [1.82, 2.24) is 5.32 Å². The van der Waals surface area contributed by atoms with E-state index in [1.54, 1.807) is 31.4 Å². The lowest BCUT2D eigenvalue weighted by molar-refractivity contribution is -0.122. The Morgan fingerprint density at radius 1 is 1.05 bits per heavy atom. The van der Waals surface area contributed by atoms with Gasteiger partial charge in [-0.3, -0.25) is 4.79 Å². The van der Waals surface area contributed by atoms with Crippen LogP contribution < -0.4 is 15.0 Å². The maximum absolute atomic E-state index is 12.8. The highest BCUT2D eigenvalue weighted by atomic mass is 16.5. The third-order valence-electron chi connectivity index (χ3n) is 4.45. The van der Waals surface area contributed by atoms with Gasteiger partial charge in [0.05, 0.1) is 12.8 Å². The molecule has 1 saturated heterocycles. The lowest BCUT2D eigenvalue weighted by atomic mass is 9.90. The Labute approximate surface area is 124 Å². The Bertz CT molecular complexity index is 545. The largest absolute Gasteiger partial charge is 0.497 e. The molecule has 1 N–H and O–H groups in total. The molecule has 1 aromatic rings. The van der Waals surface area contributed by atoms with E-state index < -0.39 is 5.54 Å². The van der Waals surface area contributed by atoms with Crippen molar-refractivity contribution in [3.05, 3.63) is 24.3 Å². The number of hydrogen-bond donors (Lipinski definition) is 1. The molecule has 5 heteroatoms. The van der Waals surface area contributed by atoms with Crippen LogP contribution in [0.2, 0.25) is 0 Å². The molecule has 1 aromatic carbocycles. The standard InChI is InChI=1S/C16H20N2O3/c1-21-13-8-6-12(7-9-13)18-14(19)16(17-15(18)20)10-4-2-3-5-11-16/h6-9H,2-5,10-11H2,1H3,(H,17,20). The molecule has 2 fully saturated rings. The summed E-state index contributed by atoms with van der Waals surface area (Å²) in [6.45, 7) is 0. The summed E-state index contributed by atoms with van der Waals surface area (Å²) in [6, 6.07) is 6.69. The molecule has 3 amide bonds. The van der Waals surface area contributed by atoms with Crippen molar-refractivity contribution in [3.63, 3.8) is 0 Å². The van der Waals surface area contributed by atoms with E-state index in [-0.39, 0.29) is 11.9 Å². The monoisotopic (exact) mass is 288 g/mol. The predicted molar refractivity (Wildman–Crippen MR) is 79.4 cm³/mol. The summed E-state index contributed by atoms with van der Waals surface area (Å²) in [4.78, 5) is 26.4. The highest BCUT2D eigenvalue weighted by molar-refractivity contribution is 6.23. The molecule has 1 aliphatic carbocycles. The van der Waals surface area contributed by atoms with Crippen molar-refractivity contribution < 1.29 is 14.3 Å². The van der Waals surface area contributed by atoms with E-state index in [1.165, 1.54) is 4.90 Å². The molecular formula is C16H20N2O3. The lowest BCUT2D eigenvalue weighted by Crippen LogP contribution is -2.46. The molecule has 1 aliphatic heterocycles. The molecule has 5 nitrogen and oxygen atoms in total. The van der Waals surface area contributed by atoms with E-state index in [1.807, 2.05) is 0 Å². The molecule has 1 spiro atoms. The average Bonchev–Trinajstić information content (AvgIpc) is 2.67. The minimum atomic E-state index is -0.687. The zero-order valence-corrected chi connectivity index (χ0v) is 12.2. The third kappa shape index (κ3) is 2.37. The van der Waals surface area contributed by atoms with Crippen LogP contribution in [-0.4, -0.2) is 24.6 Å². The number of nitrogens with one attached hydrogen (secondary N) is 1. The zero-order valence-electron chi connectivity index (χ0n) is 12.2. The van der Waals surface area contributed by atoms with Gasteiger partial charge in [-0.1, -0.05) is 25.7 Å². The van der Waals surface area contributed by atoms with Gasteiger partial charge in [0.25, 0.3) is 5.91 Å². The quantitative estimate of drug-likeness (QED) is 0.851. The van der Waals surface area contributed by atoms with Crippen LogP contribution >= 0.6 is 0 Å². The van der Waals surface area contributed by atoms with E-state index in [0.717, 1.165) is 38.5 Å². The molecule has 0 atom stereocenters. The third-order valence-corrected chi connectivity index (χ3v) is 4.45. The molecule has 112 valence electrons. The second-order valence-corrected chi connectivity index (χ2v) is 5.77. The smallest absolute Gasteiger partial charge is 0.329 e. The number of amides is 3. The number of methoxy groups -OCH3 is 1. The Hall–Kier alpha value is -2.04. The maximum Gasteiger partial charge on any atom is 0.329 e. The van der Waals surface area contributed by atoms with E-state index in [9.17, 15) is 9.59 Å². The molecule has 0 radical (unpaired) electrons. The van der Waals surface area contributed by atoms with E-state index >= 15 is 0 Å². The van der Waals surface area contributed by atoms with Crippen molar-refractivity contribution >= 4 is 17.6 Å². The Kier molecular flexibility index (Phi) is 3.57. The average molecular weight is 288 g/mol. The molecule has 2 aliphatic rings. The van der Waals surface area contributed by atoms with Crippen molar-refractivity contribution in [1.29, 1.82) is 0 Å². The summed E-state index contributed by atoms with van der Waals surface area (Å²) >= 11 is 0. The van der Waals surface area contributed by atoms with Gasteiger partial charge in [0.2, 0.25) is 0 Å². The minimum Gasteiger partial charge on any atom is -0.497 e. The van der Waals surface area contributed by atoms with Crippen LogP contribution in [-0.2, 0) is 4.79 Å². The number of hydrogen-bond acceptors (Lipinski definition) is 3. The van der Waals surface area contributed by atoms with Crippen molar-refractivity contribution in [2.24, 2.45) is 0 Å². The number of nitrogens with zero attached hydrogens (tertiary/aromatic N) is 1. The van der Waals surface area contributed by atoms with Gasteiger partial charge in [0.1, 0.15) is 11.3 Å². The fraction of sp³-hybridized carbons (Fsp3) is 0.500. The Balaban J connectivity index is 1.89. The first-order valence-electron chi connectivity index (χ1n) is 7.47. The number of benzene rings is 1. The maximum atomic E-state index is 12.8. The Morgan fingerprint density at radius 3 is 2.24 bits per heavy atom. The molecule has 3 rings (SSSR count). The number of imide groups is 1. The molecule has 0 aromatic heterocycles. The second kappa shape index (κ2) is 5.39. The van der Waals surface area contributed by atoms with Crippen LogP contribution in [0, 0.1) is 0 Å². The van der Waals surface area contributed by atoms with E-state index in [2.05, 4.69) is 5.32 Å². The van der Waals surface area contributed by atoms with E-state index in [0.29, 0.717) is 11.4 Å². The van der Waals surface area contributed by atoms with Gasteiger partial charge in [-0.25, -0.2) is 9.69 Å². The van der Waals surface area contributed by atoms with Crippen LogP contribution in [0.1, 0.15) is 38.5 Å². The molecular weight excluding hydrogens is 268 g/mol. The van der Waals surface area contributed by atoms with Gasteiger partial charge < -0.3 is 10.1 Å². The molecule has 1 saturated carbocycles. The SMILES string of the molecule is COc1ccc(N2C(=O)NC3(CCCCCC3)C2=O)cc1. The van der Waals surface area contributed by atoms with Gasteiger partial charge in [0.15, 0.2) is 0 Å². The molecule has 0 bridgehead atoms. The highest BCUT2D eigenvalue weighted by Crippen LogP contribution is 2.35. The van der Waals surface area contributed by atoms with Crippen molar-refractivity contribution in [2.75, 3.05) is 12.0 Å². The van der Waals surface area contributed by atoms with Gasteiger partial charge in [-0.05, 0) is 37.1 Å². The fourth-order valence-corrected chi connectivity index (χ4v) is 3.26. The number of carbonyl (C=O) groups excluding carboxylic acids is 2. The van der Waals surface area contributed by atoms with Gasteiger partial charge in [-0.2, -0.15) is 0 Å². The van der Waals surface area contributed by atoms with Gasteiger partial charge in [-0.15, -0.1) is 0 Å². The summed E-state index contributed by atoms with van der Waals surface area (Å²) < 4.78 is 5.11. The van der Waals surface area contributed by atoms with Crippen molar-refractivity contribution in [3.8, 4) is 5.75 Å². The number of urea groups is 1. The van der Waals surface area contributed by atoms with Crippen LogP contribution in [0.5, 0.6) is 5.75 Å². The number of rotatable bonds is 2. The normalized spacial score (nSPS) is 21.3. The first-order chi connectivity index (χ1) is 10.2.